The van der Waals surface area contributed by atoms with Crippen molar-refractivity contribution in [3.8, 4) is 0 Å². The highest BCUT2D eigenvalue weighted by molar-refractivity contribution is 5.58. The highest BCUT2D eigenvalue weighted by Gasteiger charge is 2.15. The van der Waals surface area contributed by atoms with E-state index in [1.165, 1.54) is 11.1 Å². The molecule has 0 aromatic carbocycles. The monoisotopic (exact) mass is 162 g/mol. The standard InChI is InChI=1S/C11H14O/c1-8(2)11-10-6-4-3-5-9(10)7-12-11/h4,6-8H,3,5H2,1-2H3. The highest BCUT2D eigenvalue weighted by Crippen LogP contribution is 2.29. The Labute approximate surface area is 73.1 Å². The lowest BCUT2D eigenvalue weighted by Crippen LogP contribution is -1.93. The maximum atomic E-state index is 5.53. The molecule has 0 saturated carbocycles. The SMILES string of the molecule is CC(C)c1occ2c1C=CCC2. The Kier molecular flexibility index (Phi) is 1.80. The fourth-order valence-electron chi connectivity index (χ4n) is 1.69. The van der Waals surface area contributed by atoms with Crippen LogP contribution in [0.2, 0.25) is 0 Å². The van der Waals surface area contributed by atoms with Gasteiger partial charge in [-0.2, -0.15) is 0 Å². The molecule has 1 aromatic heterocycles. The van der Waals surface area contributed by atoms with E-state index in [9.17, 15) is 0 Å². The summed E-state index contributed by atoms with van der Waals surface area (Å²) in [4.78, 5) is 0. The fourth-order valence-corrected chi connectivity index (χ4v) is 1.69. The van der Waals surface area contributed by atoms with Crippen molar-refractivity contribution in [3.63, 3.8) is 0 Å². The van der Waals surface area contributed by atoms with Crippen LogP contribution in [0.5, 0.6) is 0 Å². The minimum Gasteiger partial charge on any atom is -0.468 e. The van der Waals surface area contributed by atoms with Crippen LogP contribution in [0.4, 0.5) is 0 Å². The van der Waals surface area contributed by atoms with Crippen molar-refractivity contribution in [2.75, 3.05) is 0 Å². The average Bonchev–Trinajstić information content (AvgIpc) is 2.47. The molecule has 2 rings (SSSR count). The number of fused-ring (bicyclic) bond motifs is 1. The Bertz CT molecular complexity index is 305. The van der Waals surface area contributed by atoms with E-state index in [2.05, 4.69) is 26.0 Å². The molecule has 0 bridgehead atoms. The molecule has 0 unspecified atom stereocenters. The van der Waals surface area contributed by atoms with Crippen LogP contribution in [0.25, 0.3) is 6.08 Å². The molecule has 0 aliphatic heterocycles. The van der Waals surface area contributed by atoms with Crippen LogP contribution in [-0.4, -0.2) is 0 Å². The molecule has 1 heterocycles. The average molecular weight is 162 g/mol. The second-order valence-electron chi connectivity index (χ2n) is 3.63. The largest absolute Gasteiger partial charge is 0.468 e. The zero-order valence-corrected chi connectivity index (χ0v) is 7.63. The van der Waals surface area contributed by atoms with E-state index in [0.29, 0.717) is 5.92 Å². The van der Waals surface area contributed by atoms with Crippen molar-refractivity contribution < 1.29 is 4.42 Å². The third-order valence-electron chi connectivity index (χ3n) is 2.33. The van der Waals surface area contributed by atoms with Gasteiger partial charge in [-0.25, -0.2) is 0 Å². The van der Waals surface area contributed by atoms with Crippen LogP contribution in [0, 0.1) is 0 Å². The van der Waals surface area contributed by atoms with Crippen molar-refractivity contribution in [1.82, 2.24) is 0 Å². The molecule has 1 aliphatic rings. The number of hydrogen-bond acceptors (Lipinski definition) is 1. The molecule has 0 atom stereocenters. The summed E-state index contributed by atoms with van der Waals surface area (Å²) in [6.07, 6.45) is 8.63. The van der Waals surface area contributed by atoms with Crippen LogP contribution in [-0.2, 0) is 6.42 Å². The number of aryl methyl sites for hydroxylation is 1. The molecule has 1 nitrogen and oxygen atoms in total. The topological polar surface area (TPSA) is 13.1 Å². The van der Waals surface area contributed by atoms with Gasteiger partial charge in [0.2, 0.25) is 0 Å². The van der Waals surface area contributed by atoms with E-state index in [-0.39, 0.29) is 0 Å². The van der Waals surface area contributed by atoms with Gasteiger partial charge in [0.25, 0.3) is 0 Å². The molecular formula is C11H14O. The first-order chi connectivity index (χ1) is 5.79. The van der Waals surface area contributed by atoms with Gasteiger partial charge in [-0.05, 0) is 18.4 Å². The molecular weight excluding hydrogens is 148 g/mol. The van der Waals surface area contributed by atoms with Crippen LogP contribution in [0.15, 0.2) is 16.8 Å². The Hall–Kier alpha value is -0.980. The van der Waals surface area contributed by atoms with Gasteiger partial charge in [-0.15, -0.1) is 0 Å². The second-order valence-corrected chi connectivity index (χ2v) is 3.63. The van der Waals surface area contributed by atoms with Crippen LogP contribution < -0.4 is 0 Å². The zero-order valence-electron chi connectivity index (χ0n) is 7.63. The van der Waals surface area contributed by atoms with Crippen LogP contribution >= 0.6 is 0 Å². The summed E-state index contributed by atoms with van der Waals surface area (Å²) in [5.74, 6) is 1.64. The van der Waals surface area contributed by atoms with Gasteiger partial charge in [0.1, 0.15) is 5.76 Å². The Morgan fingerprint density at radius 1 is 1.42 bits per heavy atom. The molecule has 1 aromatic rings. The summed E-state index contributed by atoms with van der Waals surface area (Å²) in [5, 5.41) is 0. The van der Waals surface area contributed by atoms with E-state index in [4.69, 9.17) is 4.42 Å². The van der Waals surface area contributed by atoms with Gasteiger partial charge in [0.05, 0.1) is 6.26 Å². The summed E-state index contributed by atoms with van der Waals surface area (Å²) >= 11 is 0. The maximum Gasteiger partial charge on any atom is 0.113 e. The Morgan fingerprint density at radius 3 is 3.00 bits per heavy atom. The summed E-state index contributed by atoms with van der Waals surface area (Å²) < 4.78 is 5.53. The predicted octanol–water partition coefficient (Wildman–Crippen LogP) is 3.36. The van der Waals surface area contributed by atoms with Gasteiger partial charge >= 0.3 is 0 Å². The third-order valence-corrected chi connectivity index (χ3v) is 2.33. The summed E-state index contributed by atoms with van der Waals surface area (Å²) in [6.45, 7) is 4.34. The summed E-state index contributed by atoms with van der Waals surface area (Å²) in [5.41, 5.74) is 2.71. The zero-order chi connectivity index (χ0) is 8.55. The van der Waals surface area contributed by atoms with Crippen molar-refractivity contribution in [2.24, 2.45) is 0 Å². The molecule has 0 radical (unpaired) electrons. The fraction of sp³-hybridized carbons (Fsp3) is 0.455. The van der Waals surface area contributed by atoms with E-state index in [1.54, 1.807) is 0 Å². The lowest BCUT2D eigenvalue weighted by Gasteiger charge is -2.06. The molecule has 12 heavy (non-hydrogen) atoms. The molecule has 1 aliphatic carbocycles. The number of furan rings is 1. The van der Waals surface area contributed by atoms with Gasteiger partial charge in [-0.1, -0.05) is 26.0 Å². The van der Waals surface area contributed by atoms with Crippen LogP contribution in [0.1, 0.15) is 43.1 Å². The van der Waals surface area contributed by atoms with Crippen molar-refractivity contribution >= 4 is 6.08 Å². The maximum absolute atomic E-state index is 5.53. The van der Waals surface area contributed by atoms with Gasteiger partial charge in [-0.3, -0.25) is 0 Å². The molecule has 0 spiro atoms. The first-order valence-corrected chi connectivity index (χ1v) is 4.56. The lowest BCUT2D eigenvalue weighted by molar-refractivity contribution is 0.485. The molecule has 64 valence electrons. The molecule has 1 heteroatoms. The quantitative estimate of drug-likeness (QED) is 0.617. The Balaban J connectivity index is 2.47. The number of allylic oxidation sites excluding steroid dienone is 1. The van der Waals surface area contributed by atoms with Gasteiger partial charge in [0.15, 0.2) is 0 Å². The smallest absolute Gasteiger partial charge is 0.113 e. The van der Waals surface area contributed by atoms with Crippen molar-refractivity contribution in [1.29, 1.82) is 0 Å². The van der Waals surface area contributed by atoms with E-state index in [1.807, 2.05) is 6.26 Å². The predicted molar refractivity (Wildman–Crippen MR) is 50.2 cm³/mol. The van der Waals surface area contributed by atoms with E-state index < -0.39 is 0 Å². The molecule has 0 amide bonds. The third kappa shape index (κ3) is 1.09. The molecule has 0 saturated heterocycles. The van der Waals surface area contributed by atoms with Gasteiger partial charge in [0, 0.05) is 11.5 Å². The van der Waals surface area contributed by atoms with E-state index >= 15 is 0 Å². The minimum absolute atomic E-state index is 0.497. The first-order valence-electron chi connectivity index (χ1n) is 4.56. The summed E-state index contributed by atoms with van der Waals surface area (Å²) in [6, 6.07) is 0. The minimum atomic E-state index is 0.497. The van der Waals surface area contributed by atoms with Crippen LogP contribution in [0.3, 0.4) is 0 Å². The van der Waals surface area contributed by atoms with Crippen molar-refractivity contribution in [2.45, 2.75) is 32.6 Å². The van der Waals surface area contributed by atoms with Gasteiger partial charge < -0.3 is 4.42 Å². The highest BCUT2D eigenvalue weighted by atomic mass is 16.3. The van der Waals surface area contributed by atoms with Crippen molar-refractivity contribution in [3.05, 3.63) is 29.2 Å². The molecule has 0 N–H and O–H groups in total. The number of hydrogen-bond donors (Lipinski definition) is 0. The number of rotatable bonds is 1. The second kappa shape index (κ2) is 2.81. The Morgan fingerprint density at radius 2 is 2.25 bits per heavy atom. The summed E-state index contributed by atoms with van der Waals surface area (Å²) in [7, 11) is 0. The normalized spacial score (nSPS) is 15.2. The first kappa shape index (κ1) is 7.66. The molecule has 0 fully saturated rings. The lowest BCUT2D eigenvalue weighted by atomic mass is 9.97. The van der Waals surface area contributed by atoms with E-state index in [0.717, 1.165) is 18.6 Å².